The van der Waals surface area contributed by atoms with Gasteiger partial charge in [-0.1, -0.05) is 0 Å². The minimum Gasteiger partial charge on any atom is -0.490 e. The van der Waals surface area contributed by atoms with Gasteiger partial charge in [0.2, 0.25) is 5.75 Å². The molecular formula is C9H7NO7. The Morgan fingerprint density at radius 3 is 2.06 bits per heavy atom. The van der Waals surface area contributed by atoms with Gasteiger partial charge in [-0.25, -0.2) is 9.59 Å². The van der Waals surface area contributed by atoms with Gasteiger partial charge < -0.3 is 14.9 Å². The third-order valence-corrected chi connectivity index (χ3v) is 1.98. The van der Waals surface area contributed by atoms with Gasteiger partial charge in [0.1, 0.15) is 11.1 Å². The Bertz CT molecular complexity index is 508. The van der Waals surface area contributed by atoms with Gasteiger partial charge in [0.15, 0.2) is 0 Å². The zero-order valence-electron chi connectivity index (χ0n) is 8.54. The summed E-state index contributed by atoms with van der Waals surface area (Å²) in [6.45, 7) is 0. The van der Waals surface area contributed by atoms with Crippen molar-refractivity contribution in [3.63, 3.8) is 0 Å². The van der Waals surface area contributed by atoms with E-state index in [1.807, 2.05) is 0 Å². The second-order valence-corrected chi connectivity index (χ2v) is 2.91. The Kier molecular flexibility index (Phi) is 3.27. The van der Waals surface area contributed by atoms with Gasteiger partial charge in [-0.2, -0.15) is 0 Å². The van der Waals surface area contributed by atoms with E-state index in [1.165, 1.54) is 0 Å². The standard InChI is InChI=1S/C9H7NO7/c1-17-7-5(9(13)14)3-2-4(8(11)12)6(7)10(15)16/h2-3H,1H3,(H,11,12)(H,13,14). The van der Waals surface area contributed by atoms with E-state index in [1.54, 1.807) is 0 Å². The molecule has 0 saturated carbocycles. The fourth-order valence-corrected chi connectivity index (χ4v) is 1.30. The molecule has 0 aromatic heterocycles. The maximum absolute atomic E-state index is 10.8. The quantitative estimate of drug-likeness (QED) is 0.594. The lowest BCUT2D eigenvalue weighted by atomic mass is 10.1. The lowest BCUT2D eigenvalue weighted by Crippen LogP contribution is -2.09. The molecule has 0 spiro atoms. The molecule has 8 heteroatoms. The van der Waals surface area contributed by atoms with E-state index >= 15 is 0 Å². The number of carboxylic acid groups (broad SMARTS) is 2. The summed E-state index contributed by atoms with van der Waals surface area (Å²) in [7, 11) is 1.03. The van der Waals surface area contributed by atoms with Gasteiger partial charge in [-0.05, 0) is 12.1 Å². The largest absolute Gasteiger partial charge is 0.490 e. The smallest absolute Gasteiger partial charge is 0.342 e. The molecule has 8 nitrogen and oxygen atoms in total. The van der Waals surface area contributed by atoms with E-state index in [4.69, 9.17) is 10.2 Å². The average Bonchev–Trinajstić information content (AvgIpc) is 2.26. The molecule has 0 heterocycles. The summed E-state index contributed by atoms with van der Waals surface area (Å²) < 4.78 is 4.60. The molecule has 0 atom stereocenters. The predicted molar refractivity (Wildman–Crippen MR) is 53.6 cm³/mol. The Morgan fingerprint density at radius 2 is 1.71 bits per heavy atom. The SMILES string of the molecule is COc1c(C(=O)O)ccc(C(=O)O)c1[N+](=O)[O-]. The molecule has 0 unspecified atom stereocenters. The second kappa shape index (κ2) is 4.47. The van der Waals surface area contributed by atoms with Crippen LogP contribution in [0.25, 0.3) is 0 Å². The van der Waals surface area contributed by atoms with Crippen molar-refractivity contribution in [2.24, 2.45) is 0 Å². The minimum atomic E-state index is -1.54. The predicted octanol–water partition coefficient (Wildman–Crippen LogP) is 1.000. The maximum Gasteiger partial charge on any atom is 0.342 e. The summed E-state index contributed by atoms with van der Waals surface area (Å²) in [5, 5.41) is 28.3. The molecule has 0 aliphatic rings. The lowest BCUT2D eigenvalue weighted by Gasteiger charge is -2.07. The number of carbonyl (C=O) groups is 2. The molecule has 0 saturated heterocycles. The highest BCUT2D eigenvalue weighted by Gasteiger charge is 2.30. The van der Waals surface area contributed by atoms with Crippen LogP contribution in [-0.2, 0) is 0 Å². The van der Waals surface area contributed by atoms with Crippen LogP contribution in [0.4, 0.5) is 5.69 Å². The van der Waals surface area contributed by atoms with Crippen LogP contribution < -0.4 is 4.74 Å². The maximum atomic E-state index is 10.8. The van der Waals surface area contributed by atoms with Crippen molar-refractivity contribution in [2.75, 3.05) is 7.11 Å². The van der Waals surface area contributed by atoms with Crippen molar-refractivity contribution in [3.05, 3.63) is 33.4 Å². The number of carboxylic acids is 2. The van der Waals surface area contributed by atoms with Crippen LogP contribution in [0.3, 0.4) is 0 Å². The van der Waals surface area contributed by atoms with Crippen LogP contribution in [0, 0.1) is 10.1 Å². The summed E-state index contributed by atoms with van der Waals surface area (Å²) in [6, 6.07) is 1.80. The highest BCUT2D eigenvalue weighted by Crippen LogP contribution is 2.34. The van der Waals surface area contributed by atoms with Crippen LogP contribution in [-0.4, -0.2) is 34.2 Å². The molecule has 17 heavy (non-hydrogen) atoms. The number of benzene rings is 1. The average molecular weight is 241 g/mol. The van der Waals surface area contributed by atoms with E-state index in [2.05, 4.69) is 4.74 Å². The molecule has 1 aromatic rings. The molecule has 0 fully saturated rings. The van der Waals surface area contributed by atoms with Crippen molar-refractivity contribution >= 4 is 17.6 Å². The fraction of sp³-hybridized carbons (Fsp3) is 0.111. The first-order chi connectivity index (χ1) is 7.90. The number of methoxy groups -OCH3 is 1. The number of nitro benzene ring substituents is 1. The van der Waals surface area contributed by atoms with Crippen molar-refractivity contribution in [1.29, 1.82) is 0 Å². The van der Waals surface area contributed by atoms with Gasteiger partial charge in [-0.15, -0.1) is 0 Å². The zero-order chi connectivity index (χ0) is 13.2. The van der Waals surface area contributed by atoms with Crippen LogP contribution in [0.5, 0.6) is 5.75 Å². The summed E-state index contributed by atoms with van der Waals surface area (Å²) in [5.74, 6) is -3.56. The third kappa shape index (κ3) is 2.14. The van der Waals surface area contributed by atoms with Crippen LogP contribution >= 0.6 is 0 Å². The van der Waals surface area contributed by atoms with Gasteiger partial charge in [0.25, 0.3) is 0 Å². The highest BCUT2D eigenvalue weighted by atomic mass is 16.6. The third-order valence-electron chi connectivity index (χ3n) is 1.98. The molecule has 90 valence electrons. The summed E-state index contributed by atoms with van der Waals surface area (Å²) in [4.78, 5) is 31.3. The number of ether oxygens (including phenoxy) is 1. The monoisotopic (exact) mass is 241 g/mol. The molecule has 1 rings (SSSR count). The van der Waals surface area contributed by atoms with Gasteiger partial charge in [-0.3, -0.25) is 10.1 Å². The van der Waals surface area contributed by atoms with Crippen LogP contribution in [0.15, 0.2) is 12.1 Å². The number of nitro groups is 1. The van der Waals surface area contributed by atoms with E-state index in [0.29, 0.717) is 0 Å². The molecule has 0 aliphatic heterocycles. The second-order valence-electron chi connectivity index (χ2n) is 2.91. The van der Waals surface area contributed by atoms with E-state index in [-0.39, 0.29) is 0 Å². The molecule has 0 amide bonds. The summed E-state index contributed by atoms with van der Waals surface area (Å²) >= 11 is 0. The van der Waals surface area contributed by atoms with E-state index in [0.717, 1.165) is 19.2 Å². The molecular weight excluding hydrogens is 234 g/mol. The summed E-state index contributed by atoms with van der Waals surface area (Å²) in [5.41, 5.74) is -1.97. The van der Waals surface area contributed by atoms with Crippen LogP contribution in [0.2, 0.25) is 0 Å². The first-order valence-electron chi connectivity index (χ1n) is 4.22. The van der Waals surface area contributed by atoms with Crippen LogP contribution in [0.1, 0.15) is 20.7 Å². The van der Waals surface area contributed by atoms with Crippen molar-refractivity contribution in [1.82, 2.24) is 0 Å². The summed E-state index contributed by atoms with van der Waals surface area (Å²) in [6.07, 6.45) is 0. The molecule has 1 aromatic carbocycles. The Hall–Kier alpha value is -2.64. The topological polar surface area (TPSA) is 127 Å². The normalized spacial score (nSPS) is 9.71. The lowest BCUT2D eigenvalue weighted by molar-refractivity contribution is -0.386. The van der Waals surface area contributed by atoms with Crippen molar-refractivity contribution in [2.45, 2.75) is 0 Å². The number of hydrogen-bond donors (Lipinski definition) is 2. The molecule has 0 aliphatic carbocycles. The number of nitrogens with zero attached hydrogens (tertiary/aromatic N) is 1. The minimum absolute atomic E-state index is 0.468. The van der Waals surface area contributed by atoms with Gasteiger partial charge in [0, 0.05) is 0 Å². The molecule has 2 N–H and O–H groups in total. The first kappa shape index (κ1) is 12.4. The Morgan fingerprint density at radius 1 is 1.24 bits per heavy atom. The first-order valence-corrected chi connectivity index (χ1v) is 4.22. The Labute approximate surface area is 94.2 Å². The number of hydrogen-bond acceptors (Lipinski definition) is 5. The van der Waals surface area contributed by atoms with Crippen molar-refractivity contribution in [3.8, 4) is 5.75 Å². The van der Waals surface area contributed by atoms with E-state index in [9.17, 15) is 19.7 Å². The highest BCUT2D eigenvalue weighted by molar-refractivity contribution is 5.99. The van der Waals surface area contributed by atoms with Gasteiger partial charge >= 0.3 is 17.6 Å². The molecule has 0 bridgehead atoms. The van der Waals surface area contributed by atoms with Crippen molar-refractivity contribution < 1.29 is 29.5 Å². The van der Waals surface area contributed by atoms with Gasteiger partial charge in [0.05, 0.1) is 12.0 Å². The fourth-order valence-electron chi connectivity index (χ4n) is 1.30. The number of aromatic carboxylic acids is 2. The molecule has 0 radical (unpaired) electrons. The zero-order valence-corrected chi connectivity index (χ0v) is 8.54. The Balaban J connectivity index is 3.67. The number of rotatable bonds is 4. The van der Waals surface area contributed by atoms with E-state index < -0.39 is 39.4 Å².